The van der Waals surface area contributed by atoms with Gasteiger partial charge in [-0.2, -0.15) is 0 Å². The number of carbonyl (C=O) groups excluding carboxylic acids is 2. The van der Waals surface area contributed by atoms with Gasteiger partial charge >= 0.3 is 0 Å². The van der Waals surface area contributed by atoms with E-state index in [9.17, 15) is 14.0 Å². The summed E-state index contributed by atoms with van der Waals surface area (Å²) in [6.07, 6.45) is 2.45. The topological polar surface area (TPSA) is 58.2 Å². The molecule has 0 spiro atoms. The summed E-state index contributed by atoms with van der Waals surface area (Å²) >= 11 is 3.23. The second-order valence-electron chi connectivity index (χ2n) is 5.19. The van der Waals surface area contributed by atoms with Crippen LogP contribution in [0.25, 0.3) is 0 Å². The van der Waals surface area contributed by atoms with Crippen molar-refractivity contribution in [2.24, 2.45) is 5.92 Å². The number of piperidine rings is 1. The predicted molar refractivity (Wildman–Crippen MR) is 81.2 cm³/mol. The van der Waals surface area contributed by atoms with Crippen molar-refractivity contribution >= 4 is 27.7 Å². The monoisotopic (exact) mass is 356 g/mol. The molecule has 21 heavy (non-hydrogen) atoms. The van der Waals surface area contributed by atoms with Crippen molar-refractivity contribution in [3.63, 3.8) is 0 Å². The van der Waals surface area contributed by atoms with Crippen LogP contribution < -0.4 is 10.6 Å². The maximum absolute atomic E-state index is 13.6. The molecule has 4 nitrogen and oxygen atoms in total. The molecule has 114 valence electrons. The van der Waals surface area contributed by atoms with Crippen molar-refractivity contribution in [3.8, 4) is 0 Å². The summed E-state index contributed by atoms with van der Waals surface area (Å²) in [5.41, 5.74) is 0.695. The summed E-state index contributed by atoms with van der Waals surface area (Å²) in [7, 11) is 0. The molecule has 1 saturated heterocycles. The van der Waals surface area contributed by atoms with Crippen LogP contribution in [0.15, 0.2) is 22.7 Å². The Balaban J connectivity index is 1.66. The highest BCUT2D eigenvalue weighted by molar-refractivity contribution is 9.10. The lowest BCUT2D eigenvalue weighted by molar-refractivity contribution is -0.136. The van der Waals surface area contributed by atoms with Crippen LogP contribution >= 0.6 is 15.9 Å². The summed E-state index contributed by atoms with van der Waals surface area (Å²) in [6, 6.07) is 5.07. The Bertz CT molecular complexity index is 536. The first kappa shape index (κ1) is 16.1. The van der Waals surface area contributed by atoms with E-state index in [-0.39, 0.29) is 23.5 Å². The van der Waals surface area contributed by atoms with E-state index in [0.717, 1.165) is 10.9 Å². The Morgan fingerprint density at radius 1 is 1.38 bits per heavy atom. The van der Waals surface area contributed by atoms with Gasteiger partial charge in [0.2, 0.25) is 11.8 Å². The molecule has 1 fully saturated rings. The Hall–Kier alpha value is -1.27. The molecule has 2 N–H and O–H groups in total. The lowest BCUT2D eigenvalue weighted by Gasteiger charge is -2.20. The van der Waals surface area contributed by atoms with Gasteiger partial charge in [-0.3, -0.25) is 14.9 Å². The normalized spacial score (nSPS) is 18.7. The number of aryl methyl sites for hydroxylation is 1. The van der Waals surface area contributed by atoms with Gasteiger partial charge in [0.25, 0.3) is 0 Å². The van der Waals surface area contributed by atoms with E-state index in [1.165, 1.54) is 6.07 Å². The fourth-order valence-electron chi connectivity index (χ4n) is 2.34. The van der Waals surface area contributed by atoms with Crippen LogP contribution in [0.1, 0.15) is 24.8 Å². The second-order valence-corrected chi connectivity index (χ2v) is 6.11. The van der Waals surface area contributed by atoms with Crippen LogP contribution in [0.2, 0.25) is 0 Å². The van der Waals surface area contributed by atoms with Crippen molar-refractivity contribution in [3.05, 3.63) is 34.1 Å². The van der Waals surface area contributed by atoms with E-state index in [2.05, 4.69) is 26.6 Å². The number of halogens is 2. The molecule has 1 aliphatic rings. The third-order valence-corrected chi connectivity index (χ3v) is 4.05. The van der Waals surface area contributed by atoms with Gasteiger partial charge in [-0.15, -0.1) is 0 Å². The van der Waals surface area contributed by atoms with Crippen molar-refractivity contribution in [2.45, 2.75) is 25.7 Å². The van der Waals surface area contributed by atoms with Crippen molar-refractivity contribution in [1.82, 2.24) is 10.6 Å². The molecule has 0 radical (unpaired) electrons. The molecule has 1 aliphatic heterocycles. The quantitative estimate of drug-likeness (QED) is 0.606. The highest BCUT2D eigenvalue weighted by atomic mass is 79.9. The van der Waals surface area contributed by atoms with Crippen LogP contribution in [-0.4, -0.2) is 24.9 Å². The van der Waals surface area contributed by atoms with Gasteiger partial charge in [0, 0.05) is 17.4 Å². The second kappa shape index (κ2) is 7.66. The van der Waals surface area contributed by atoms with Crippen LogP contribution in [0.5, 0.6) is 0 Å². The van der Waals surface area contributed by atoms with Gasteiger partial charge in [0.1, 0.15) is 5.82 Å². The molecule has 1 atom stereocenters. The zero-order chi connectivity index (χ0) is 15.2. The van der Waals surface area contributed by atoms with Crippen LogP contribution in [-0.2, 0) is 16.0 Å². The largest absolute Gasteiger partial charge is 0.316 e. The summed E-state index contributed by atoms with van der Waals surface area (Å²) in [4.78, 5) is 22.6. The first-order valence-electron chi connectivity index (χ1n) is 7.04. The van der Waals surface area contributed by atoms with E-state index >= 15 is 0 Å². The molecule has 1 aromatic rings. The fourth-order valence-corrected chi connectivity index (χ4v) is 2.67. The number of benzene rings is 1. The first-order chi connectivity index (χ1) is 10.1. The van der Waals surface area contributed by atoms with Gasteiger partial charge in [-0.1, -0.05) is 22.0 Å². The minimum Gasteiger partial charge on any atom is -0.316 e. The lowest BCUT2D eigenvalue weighted by Crippen LogP contribution is -2.44. The molecule has 2 amide bonds. The number of hydrogen-bond donors (Lipinski definition) is 2. The number of rotatable bonds is 6. The Morgan fingerprint density at radius 2 is 2.19 bits per heavy atom. The first-order valence-corrected chi connectivity index (χ1v) is 7.84. The Labute approximate surface area is 131 Å². The van der Waals surface area contributed by atoms with Gasteiger partial charge in [0.05, 0.1) is 5.92 Å². The Kier molecular flexibility index (Phi) is 5.87. The summed E-state index contributed by atoms with van der Waals surface area (Å²) in [6.45, 7) is 1.27. The van der Waals surface area contributed by atoms with Crippen LogP contribution in [0.4, 0.5) is 4.39 Å². The minimum absolute atomic E-state index is 0.146. The van der Waals surface area contributed by atoms with Gasteiger partial charge < -0.3 is 5.32 Å². The van der Waals surface area contributed by atoms with Crippen molar-refractivity contribution < 1.29 is 14.0 Å². The van der Waals surface area contributed by atoms with Crippen LogP contribution in [0, 0.1) is 11.7 Å². The summed E-state index contributed by atoms with van der Waals surface area (Å²) in [5, 5.41) is 5.53. The van der Waals surface area contributed by atoms with Crippen molar-refractivity contribution in [2.75, 3.05) is 13.1 Å². The highest BCUT2D eigenvalue weighted by Crippen LogP contribution is 2.16. The van der Waals surface area contributed by atoms with Crippen molar-refractivity contribution in [1.29, 1.82) is 0 Å². The van der Waals surface area contributed by atoms with E-state index in [1.54, 1.807) is 6.07 Å². The predicted octanol–water partition coefficient (Wildman–Crippen LogP) is 2.16. The number of carbonyl (C=O) groups is 2. The van der Waals surface area contributed by atoms with Gasteiger partial charge in [-0.25, -0.2) is 4.39 Å². The number of hydrogen-bond acceptors (Lipinski definition) is 3. The highest BCUT2D eigenvalue weighted by Gasteiger charge is 2.25. The number of imide groups is 1. The molecule has 6 heteroatoms. The molecule has 1 heterocycles. The molecule has 0 bridgehead atoms. The van der Waals surface area contributed by atoms with E-state index < -0.39 is 0 Å². The molecule has 2 rings (SSSR count). The Morgan fingerprint density at radius 3 is 2.90 bits per heavy atom. The summed E-state index contributed by atoms with van der Waals surface area (Å²) < 4.78 is 14.3. The average Bonchev–Trinajstić information content (AvgIpc) is 2.42. The third kappa shape index (κ3) is 4.89. The standard InChI is InChI=1S/C15H18BrFN2O2/c16-12-5-3-10(13(17)8-12)2-1-7-18-9-11-4-6-14(20)19-15(11)21/h3,5,8,11,18H,1-2,4,6-7,9H2,(H,19,20,21). The zero-order valence-corrected chi connectivity index (χ0v) is 13.2. The molecule has 1 unspecified atom stereocenters. The van der Waals surface area contributed by atoms with E-state index in [4.69, 9.17) is 0 Å². The van der Waals surface area contributed by atoms with Gasteiger partial charge in [0.15, 0.2) is 0 Å². The number of nitrogens with one attached hydrogen (secondary N) is 2. The van der Waals surface area contributed by atoms with Crippen LogP contribution in [0.3, 0.4) is 0 Å². The molecular formula is C15H18BrFN2O2. The smallest absolute Gasteiger partial charge is 0.230 e. The molecule has 0 aromatic heterocycles. The average molecular weight is 357 g/mol. The maximum atomic E-state index is 13.6. The SMILES string of the molecule is O=C1CCC(CNCCCc2ccc(Br)cc2F)C(=O)N1. The number of amides is 2. The molecular weight excluding hydrogens is 339 g/mol. The minimum atomic E-state index is -0.199. The molecule has 0 saturated carbocycles. The summed E-state index contributed by atoms with van der Waals surface area (Å²) in [5.74, 6) is -0.735. The van der Waals surface area contributed by atoms with Gasteiger partial charge in [-0.05, 0) is 43.5 Å². The lowest BCUT2D eigenvalue weighted by atomic mass is 9.98. The maximum Gasteiger partial charge on any atom is 0.230 e. The molecule has 0 aliphatic carbocycles. The van der Waals surface area contributed by atoms with E-state index in [0.29, 0.717) is 37.9 Å². The zero-order valence-electron chi connectivity index (χ0n) is 11.6. The molecule has 1 aromatic carbocycles. The van der Waals surface area contributed by atoms with E-state index in [1.807, 2.05) is 6.07 Å². The fraction of sp³-hybridized carbons (Fsp3) is 0.467. The third-order valence-electron chi connectivity index (χ3n) is 3.56.